The average Bonchev–Trinajstić information content (AvgIpc) is 3.51. The van der Waals surface area contributed by atoms with E-state index in [1.54, 1.807) is 35.3 Å². The lowest BCUT2D eigenvalue weighted by molar-refractivity contribution is -0.122. The molecule has 0 aliphatic rings. The number of anilines is 1. The summed E-state index contributed by atoms with van der Waals surface area (Å²) in [6, 6.07) is 13.5. The third-order valence-corrected chi connectivity index (χ3v) is 6.76. The van der Waals surface area contributed by atoms with Gasteiger partial charge in [-0.25, -0.2) is 14.1 Å². The zero-order valence-electron chi connectivity index (χ0n) is 20.9. The molecule has 7 nitrogen and oxygen atoms in total. The van der Waals surface area contributed by atoms with Crippen molar-refractivity contribution in [3.05, 3.63) is 93.5 Å². The van der Waals surface area contributed by atoms with E-state index < -0.39 is 17.6 Å². The Labute approximate surface area is 223 Å². The van der Waals surface area contributed by atoms with E-state index in [1.165, 1.54) is 23.5 Å². The summed E-state index contributed by atoms with van der Waals surface area (Å²) in [6.07, 6.45) is 1.55. The standard InChI is InChI=1S/C27H27ClFN5O2S/c1-16(17-8-9-21(22(29)12-17)25(36)32-26-30-10-11-37-26)24(35)31-15-20-14-23(27(2,3)4)33-34(20)19-7-5-6-18(28)13-19/h5-14,16H,15H2,1-4H3,(H,31,35)(H,30,32,36). The molecule has 2 aromatic heterocycles. The fraction of sp³-hybridized carbons (Fsp3) is 0.259. The van der Waals surface area contributed by atoms with Crippen molar-refractivity contribution in [1.29, 1.82) is 0 Å². The predicted molar refractivity (Wildman–Crippen MR) is 144 cm³/mol. The highest BCUT2D eigenvalue weighted by Gasteiger charge is 2.23. The van der Waals surface area contributed by atoms with Gasteiger partial charge in [-0.15, -0.1) is 11.3 Å². The van der Waals surface area contributed by atoms with Crippen LogP contribution in [0, 0.1) is 5.82 Å². The van der Waals surface area contributed by atoms with E-state index in [1.807, 2.05) is 24.3 Å². The topological polar surface area (TPSA) is 88.9 Å². The molecule has 2 N–H and O–H groups in total. The number of aromatic nitrogens is 3. The number of carbonyl (C=O) groups excluding carboxylic acids is 2. The molecule has 2 amide bonds. The Morgan fingerprint density at radius 1 is 1.16 bits per heavy atom. The number of rotatable bonds is 7. The summed E-state index contributed by atoms with van der Waals surface area (Å²) in [6.45, 7) is 8.11. The first kappa shape index (κ1) is 26.5. The molecule has 10 heteroatoms. The maximum Gasteiger partial charge on any atom is 0.260 e. The minimum absolute atomic E-state index is 0.119. The average molecular weight is 540 g/mol. The molecule has 0 fully saturated rings. The number of hydrogen-bond acceptors (Lipinski definition) is 5. The fourth-order valence-electron chi connectivity index (χ4n) is 3.66. The highest BCUT2D eigenvalue weighted by atomic mass is 35.5. The Morgan fingerprint density at radius 2 is 1.95 bits per heavy atom. The van der Waals surface area contributed by atoms with Gasteiger partial charge in [-0.1, -0.05) is 44.5 Å². The molecule has 4 aromatic rings. The van der Waals surface area contributed by atoms with Crippen LogP contribution >= 0.6 is 22.9 Å². The van der Waals surface area contributed by atoms with Gasteiger partial charge in [0.25, 0.3) is 5.91 Å². The summed E-state index contributed by atoms with van der Waals surface area (Å²) in [5.74, 6) is -2.23. The molecule has 0 radical (unpaired) electrons. The Balaban J connectivity index is 1.49. The van der Waals surface area contributed by atoms with Gasteiger partial charge in [0.2, 0.25) is 5.91 Å². The number of halogens is 2. The second-order valence-electron chi connectivity index (χ2n) is 9.63. The maximum absolute atomic E-state index is 14.8. The van der Waals surface area contributed by atoms with Crippen molar-refractivity contribution in [3.8, 4) is 5.69 Å². The molecule has 192 valence electrons. The second kappa shape index (κ2) is 10.8. The van der Waals surface area contributed by atoms with Gasteiger partial charge >= 0.3 is 0 Å². The number of carbonyl (C=O) groups is 2. The first-order chi connectivity index (χ1) is 17.5. The van der Waals surface area contributed by atoms with Crippen molar-refractivity contribution in [1.82, 2.24) is 20.1 Å². The number of thiazole rings is 1. The van der Waals surface area contributed by atoms with Crippen LogP contribution in [0.15, 0.2) is 60.1 Å². The van der Waals surface area contributed by atoms with Crippen LogP contribution in [0.5, 0.6) is 0 Å². The number of amides is 2. The lowest BCUT2D eigenvalue weighted by Gasteiger charge is -2.14. The van der Waals surface area contributed by atoms with Crippen LogP contribution in [0.2, 0.25) is 5.02 Å². The third kappa shape index (κ3) is 6.23. The summed E-state index contributed by atoms with van der Waals surface area (Å²) < 4.78 is 16.5. The van der Waals surface area contributed by atoms with Crippen LogP contribution in [0.25, 0.3) is 5.69 Å². The molecular formula is C27H27ClFN5O2S. The molecule has 1 atom stereocenters. The molecule has 0 aliphatic heterocycles. The summed E-state index contributed by atoms with van der Waals surface area (Å²) in [4.78, 5) is 29.3. The quantitative estimate of drug-likeness (QED) is 0.297. The SMILES string of the molecule is CC(C(=O)NCc1cc(C(C)(C)C)nn1-c1cccc(Cl)c1)c1ccc(C(=O)Nc2nccs2)c(F)c1. The number of nitrogens with zero attached hydrogens (tertiary/aromatic N) is 3. The van der Waals surface area contributed by atoms with Crippen molar-refractivity contribution < 1.29 is 14.0 Å². The molecule has 2 heterocycles. The van der Waals surface area contributed by atoms with Crippen molar-refractivity contribution in [2.75, 3.05) is 5.32 Å². The van der Waals surface area contributed by atoms with Crippen molar-refractivity contribution in [3.63, 3.8) is 0 Å². The Kier molecular flexibility index (Phi) is 7.75. The predicted octanol–water partition coefficient (Wildman–Crippen LogP) is 6.09. The van der Waals surface area contributed by atoms with Crippen LogP contribution in [0.3, 0.4) is 0 Å². The van der Waals surface area contributed by atoms with E-state index in [9.17, 15) is 14.0 Å². The summed E-state index contributed by atoms with van der Waals surface area (Å²) >= 11 is 7.43. The second-order valence-corrected chi connectivity index (χ2v) is 11.0. The Bertz CT molecular complexity index is 1430. The van der Waals surface area contributed by atoms with Crippen LogP contribution in [0.4, 0.5) is 9.52 Å². The van der Waals surface area contributed by atoms with E-state index in [-0.39, 0.29) is 23.4 Å². The third-order valence-electron chi connectivity index (χ3n) is 5.83. The molecule has 0 aliphatic carbocycles. The van der Waals surface area contributed by atoms with Crippen LogP contribution in [-0.4, -0.2) is 26.6 Å². The molecule has 0 saturated heterocycles. The van der Waals surface area contributed by atoms with Crippen molar-refractivity contribution in [2.24, 2.45) is 0 Å². The molecule has 37 heavy (non-hydrogen) atoms. The van der Waals surface area contributed by atoms with Gasteiger partial charge in [0, 0.05) is 22.0 Å². The molecule has 0 spiro atoms. The Morgan fingerprint density at radius 3 is 2.59 bits per heavy atom. The van der Waals surface area contributed by atoms with Gasteiger partial charge in [0.05, 0.1) is 35.1 Å². The zero-order valence-corrected chi connectivity index (χ0v) is 22.5. The highest BCUT2D eigenvalue weighted by Crippen LogP contribution is 2.25. The summed E-state index contributed by atoms with van der Waals surface area (Å²) in [5.41, 5.74) is 2.59. The van der Waals surface area contributed by atoms with Crippen molar-refractivity contribution >= 4 is 39.9 Å². The first-order valence-electron chi connectivity index (χ1n) is 11.7. The molecule has 1 unspecified atom stereocenters. The Hall–Kier alpha value is -3.56. The van der Waals surface area contributed by atoms with E-state index in [0.29, 0.717) is 15.7 Å². The lowest BCUT2D eigenvalue weighted by atomic mass is 9.92. The molecule has 4 rings (SSSR count). The van der Waals surface area contributed by atoms with E-state index in [4.69, 9.17) is 16.7 Å². The van der Waals surface area contributed by atoms with Gasteiger partial charge in [-0.05, 0) is 48.9 Å². The molecule has 2 aromatic carbocycles. The van der Waals surface area contributed by atoms with E-state index >= 15 is 0 Å². The van der Waals surface area contributed by atoms with E-state index in [0.717, 1.165) is 17.1 Å². The van der Waals surface area contributed by atoms with E-state index in [2.05, 4.69) is 36.4 Å². The minimum Gasteiger partial charge on any atom is -0.350 e. The summed E-state index contributed by atoms with van der Waals surface area (Å²) in [5, 5.41) is 12.9. The first-order valence-corrected chi connectivity index (χ1v) is 12.9. The van der Waals surface area contributed by atoms with Crippen LogP contribution < -0.4 is 10.6 Å². The number of hydrogen-bond donors (Lipinski definition) is 2. The summed E-state index contributed by atoms with van der Waals surface area (Å²) in [7, 11) is 0. The van der Waals surface area contributed by atoms with Gasteiger partial charge < -0.3 is 5.32 Å². The monoisotopic (exact) mass is 539 g/mol. The molecular weight excluding hydrogens is 513 g/mol. The molecule has 0 saturated carbocycles. The highest BCUT2D eigenvalue weighted by molar-refractivity contribution is 7.13. The van der Waals surface area contributed by atoms with Crippen LogP contribution in [0.1, 0.15) is 60.9 Å². The zero-order chi connectivity index (χ0) is 26.7. The largest absolute Gasteiger partial charge is 0.350 e. The van der Waals surface area contributed by atoms with Gasteiger partial charge in [0.1, 0.15) is 5.82 Å². The lowest BCUT2D eigenvalue weighted by Crippen LogP contribution is -2.28. The maximum atomic E-state index is 14.8. The van der Waals surface area contributed by atoms with Gasteiger partial charge in [-0.3, -0.25) is 14.9 Å². The van der Waals surface area contributed by atoms with Crippen molar-refractivity contribution in [2.45, 2.75) is 45.6 Å². The number of nitrogens with one attached hydrogen (secondary N) is 2. The molecule has 0 bridgehead atoms. The van der Waals surface area contributed by atoms with Gasteiger partial charge in [0.15, 0.2) is 5.13 Å². The number of benzene rings is 2. The smallest absolute Gasteiger partial charge is 0.260 e. The normalized spacial score (nSPS) is 12.3. The minimum atomic E-state index is -0.708. The van der Waals surface area contributed by atoms with Crippen LogP contribution in [-0.2, 0) is 16.8 Å². The fourth-order valence-corrected chi connectivity index (χ4v) is 4.37. The van der Waals surface area contributed by atoms with Gasteiger partial charge in [-0.2, -0.15) is 5.10 Å².